The van der Waals surface area contributed by atoms with Crippen LogP contribution >= 0.6 is 0 Å². The summed E-state index contributed by atoms with van der Waals surface area (Å²) in [6.45, 7) is 4.62. The Balaban J connectivity index is 1.61. The van der Waals surface area contributed by atoms with E-state index in [0.29, 0.717) is 38.7 Å². The highest BCUT2D eigenvalue weighted by atomic mass is 16.5. The quantitative estimate of drug-likeness (QED) is 0.441. The molecule has 2 aliphatic heterocycles. The molecule has 0 spiro atoms. The predicted octanol–water partition coefficient (Wildman–Crippen LogP) is 0.943. The smallest absolute Gasteiger partial charge is 0.264 e. The van der Waals surface area contributed by atoms with Crippen molar-refractivity contribution in [1.82, 2.24) is 10.2 Å². The fraction of sp³-hybridized carbons (Fsp3) is 0.500. The third kappa shape index (κ3) is 4.63. The van der Waals surface area contributed by atoms with Crippen molar-refractivity contribution >= 4 is 29.3 Å². The van der Waals surface area contributed by atoms with Crippen molar-refractivity contribution in [3.8, 4) is 0 Å². The van der Waals surface area contributed by atoms with Crippen LogP contribution < -0.4 is 10.6 Å². The van der Waals surface area contributed by atoms with Gasteiger partial charge in [0.15, 0.2) is 0 Å². The highest BCUT2D eigenvalue weighted by Gasteiger charge is 2.45. The third-order valence-electron chi connectivity index (χ3n) is 4.75. The van der Waals surface area contributed by atoms with Gasteiger partial charge in [-0.05, 0) is 25.0 Å². The maximum atomic E-state index is 12.9. The molecule has 0 radical (unpaired) electrons. The van der Waals surface area contributed by atoms with E-state index in [0.717, 1.165) is 11.3 Å². The highest BCUT2D eigenvalue weighted by molar-refractivity contribution is 6.25. The number of anilines is 1. The number of ether oxygens (including phenoxy) is 2. The van der Waals surface area contributed by atoms with Gasteiger partial charge in [0, 0.05) is 25.3 Å². The van der Waals surface area contributed by atoms with Gasteiger partial charge in [-0.3, -0.25) is 29.4 Å². The minimum Gasteiger partial charge on any atom is -0.382 e. The minimum absolute atomic E-state index is 0.0915. The van der Waals surface area contributed by atoms with Crippen LogP contribution in [-0.4, -0.2) is 67.5 Å². The molecule has 0 aromatic heterocycles. The zero-order valence-corrected chi connectivity index (χ0v) is 16.4. The van der Waals surface area contributed by atoms with Crippen LogP contribution in [0.2, 0.25) is 0 Å². The van der Waals surface area contributed by atoms with Gasteiger partial charge in [-0.15, -0.1) is 0 Å². The molecule has 1 aromatic carbocycles. The molecule has 2 heterocycles. The van der Waals surface area contributed by atoms with Crippen LogP contribution in [0, 0.1) is 0 Å². The molecule has 2 N–H and O–H groups in total. The molecular formula is C20H25N3O6. The van der Waals surface area contributed by atoms with Gasteiger partial charge in [0.1, 0.15) is 6.04 Å². The van der Waals surface area contributed by atoms with Crippen molar-refractivity contribution in [2.24, 2.45) is 0 Å². The topological polar surface area (TPSA) is 114 Å². The fourth-order valence-electron chi connectivity index (χ4n) is 3.39. The number of carbonyl (C=O) groups excluding carboxylic acids is 4. The first kappa shape index (κ1) is 20.9. The molecule has 156 valence electrons. The van der Waals surface area contributed by atoms with Gasteiger partial charge in [0.2, 0.25) is 11.8 Å². The number of nitrogens with zero attached hydrogens (tertiary/aromatic N) is 1. The second-order valence-corrected chi connectivity index (χ2v) is 6.83. The molecule has 1 unspecified atom stereocenters. The van der Waals surface area contributed by atoms with E-state index in [1.165, 1.54) is 0 Å². The van der Waals surface area contributed by atoms with Crippen molar-refractivity contribution in [3.05, 3.63) is 29.3 Å². The number of hydrogen-bond donors (Lipinski definition) is 2. The number of fused-ring (bicyclic) bond motifs is 1. The Morgan fingerprint density at radius 1 is 1.07 bits per heavy atom. The Labute approximate surface area is 168 Å². The number of amides is 4. The maximum absolute atomic E-state index is 12.9. The zero-order chi connectivity index (χ0) is 20.8. The van der Waals surface area contributed by atoms with Crippen LogP contribution in [0.1, 0.15) is 46.9 Å². The van der Waals surface area contributed by atoms with Crippen LogP contribution in [0.4, 0.5) is 5.69 Å². The normalized spacial score (nSPS) is 18.8. The lowest BCUT2D eigenvalue weighted by atomic mass is 10.0. The lowest BCUT2D eigenvalue weighted by Gasteiger charge is -2.27. The molecule has 3 rings (SSSR count). The summed E-state index contributed by atoms with van der Waals surface area (Å²) in [5.41, 5.74) is 1.01. The maximum Gasteiger partial charge on any atom is 0.264 e. The summed E-state index contributed by atoms with van der Waals surface area (Å²) in [5, 5.41) is 5.31. The molecule has 9 heteroatoms. The number of hydrogen-bond acceptors (Lipinski definition) is 7. The summed E-state index contributed by atoms with van der Waals surface area (Å²) < 4.78 is 10.8. The molecule has 29 heavy (non-hydrogen) atoms. The largest absolute Gasteiger partial charge is 0.382 e. The molecule has 1 saturated heterocycles. The Morgan fingerprint density at radius 2 is 1.83 bits per heavy atom. The first-order valence-electron chi connectivity index (χ1n) is 9.78. The van der Waals surface area contributed by atoms with Gasteiger partial charge in [-0.25, -0.2) is 0 Å². The standard InChI is InChI=1S/C20H25N3O6/c1-2-9-28-11-12-29-10-8-21-14-5-3-4-13-17(14)20(27)23(19(13)26)15-6-7-16(24)22-18(15)25/h3-5,15,21H,2,6-12H2,1H3,(H,22,24,25). The molecule has 1 fully saturated rings. The summed E-state index contributed by atoms with van der Waals surface area (Å²) in [4.78, 5) is 50.2. The van der Waals surface area contributed by atoms with Crippen molar-refractivity contribution < 1.29 is 28.7 Å². The van der Waals surface area contributed by atoms with Crippen LogP contribution in [0.25, 0.3) is 0 Å². The molecule has 0 bridgehead atoms. The summed E-state index contributed by atoms with van der Waals surface area (Å²) >= 11 is 0. The van der Waals surface area contributed by atoms with E-state index in [1.807, 2.05) is 6.92 Å². The van der Waals surface area contributed by atoms with Crippen molar-refractivity contribution in [2.45, 2.75) is 32.2 Å². The van der Waals surface area contributed by atoms with Crippen LogP contribution in [0.15, 0.2) is 18.2 Å². The summed E-state index contributed by atoms with van der Waals surface area (Å²) in [5.74, 6) is -2.07. The number of benzene rings is 1. The van der Waals surface area contributed by atoms with Crippen molar-refractivity contribution in [1.29, 1.82) is 0 Å². The van der Waals surface area contributed by atoms with Crippen LogP contribution in [0.5, 0.6) is 0 Å². The second kappa shape index (κ2) is 9.62. The molecule has 0 saturated carbocycles. The van der Waals surface area contributed by atoms with Crippen molar-refractivity contribution in [3.63, 3.8) is 0 Å². The minimum atomic E-state index is -0.973. The lowest BCUT2D eigenvalue weighted by molar-refractivity contribution is -0.136. The van der Waals surface area contributed by atoms with Gasteiger partial charge in [-0.2, -0.15) is 0 Å². The third-order valence-corrected chi connectivity index (χ3v) is 4.75. The SMILES string of the molecule is CCCOCCOCCNc1cccc2c1C(=O)N(C1CCC(=O)NC1=O)C2=O. The van der Waals surface area contributed by atoms with Crippen LogP contribution in [0.3, 0.4) is 0 Å². The number of imide groups is 2. The molecule has 1 atom stereocenters. The van der Waals surface area contributed by atoms with E-state index in [4.69, 9.17) is 9.47 Å². The Morgan fingerprint density at radius 3 is 2.55 bits per heavy atom. The predicted molar refractivity (Wildman–Crippen MR) is 104 cm³/mol. The van der Waals surface area contributed by atoms with Gasteiger partial charge in [-0.1, -0.05) is 13.0 Å². The summed E-state index contributed by atoms with van der Waals surface area (Å²) in [6, 6.07) is 3.98. The first-order chi connectivity index (χ1) is 14.0. The fourth-order valence-corrected chi connectivity index (χ4v) is 3.39. The molecule has 9 nitrogen and oxygen atoms in total. The molecule has 2 aliphatic rings. The van der Waals surface area contributed by atoms with E-state index in [1.54, 1.807) is 18.2 Å². The summed E-state index contributed by atoms with van der Waals surface area (Å²) in [7, 11) is 0. The van der Waals surface area contributed by atoms with E-state index >= 15 is 0 Å². The van der Waals surface area contributed by atoms with E-state index in [9.17, 15) is 19.2 Å². The number of piperidine rings is 1. The second-order valence-electron chi connectivity index (χ2n) is 6.83. The van der Waals surface area contributed by atoms with E-state index < -0.39 is 29.7 Å². The monoisotopic (exact) mass is 403 g/mol. The van der Waals surface area contributed by atoms with Gasteiger partial charge >= 0.3 is 0 Å². The lowest BCUT2D eigenvalue weighted by Crippen LogP contribution is -2.54. The van der Waals surface area contributed by atoms with Gasteiger partial charge in [0.25, 0.3) is 11.8 Å². The van der Waals surface area contributed by atoms with Gasteiger partial charge in [0.05, 0.1) is 30.9 Å². The summed E-state index contributed by atoms with van der Waals surface area (Å²) in [6.07, 6.45) is 1.18. The first-order valence-corrected chi connectivity index (χ1v) is 9.78. The molecule has 0 aliphatic carbocycles. The van der Waals surface area contributed by atoms with Crippen LogP contribution in [-0.2, 0) is 19.1 Å². The zero-order valence-electron chi connectivity index (χ0n) is 16.4. The average Bonchev–Trinajstić information content (AvgIpc) is 2.95. The van der Waals surface area contributed by atoms with E-state index in [-0.39, 0.29) is 24.0 Å². The number of rotatable bonds is 10. The van der Waals surface area contributed by atoms with E-state index in [2.05, 4.69) is 10.6 Å². The number of carbonyl (C=O) groups is 4. The average molecular weight is 403 g/mol. The Bertz CT molecular complexity index is 809. The van der Waals surface area contributed by atoms with Crippen molar-refractivity contribution in [2.75, 3.05) is 38.3 Å². The number of nitrogens with one attached hydrogen (secondary N) is 2. The van der Waals surface area contributed by atoms with Gasteiger partial charge < -0.3 is 14.8 Å². The Kier molecular flexibility index (Phi) is 6.95. The molecule has 1 aromatic rings. The highest BCUT2D eigenvalue weighted by Crippen LogP contribution is 2.32. The molecule has 4 amide bonds. The molecular weight excluding hydrogens is 378 g/mol. The Hall–Kier alpha value is -2.78.